The van der Waals surface area contributed by atoms with E-state index in [1.54, 1.807) is 19.2 Å². The Morgan fingerprint density at radius 1 is 1.06 bits per heavy atom. The number of aromatic hydroxyl groups is 1. The van der Waals surface area contributed by atoms with Crippen LogP contribution in [0.25, 0.3) is 22.2 Å². The third-order valence-corrected chi connectivity index (χ3v) is 6.38. The molecule has 2 aromatic carbocycles. The van der Waals surface area contributed by atoms with Gasteiger partial charge in [-0.25, -0.2) is 4.79 Å². The highest BCUT2D eigenvalue weighted by Crippen LogP contribution is 2.43. The second-order valence-electron chi connectivity index (χ2n) is 8.13. The molecule has 1 atom stereocenters. The van der Waals surface area contributed by atoms with Crippen molar-refractivity contribution in [2.45, 2.75) is 19.6 Å². The second kappa shape index (κ2) is 7.39. The van der Waals surface area contributed by atoms with Gasteiger partial charge in [-0.3, -0.25) is 13.9 Å². The van der Waals surface area contributed by atoms with Crippen molar-refractivity contribution in [2.75, 3.05) is 6.61 Å². The zero-order valence-corrected chi connectivity index (χ0v) is 18.7. The Balaban J connectivity index is 1.95. The average molecular weight is 452 g/mol. The fourth-order valence-corrected chi connectivity index (χ4v) is 4.74. The maximum Gasteiger partial charge on any atom is 0.331 e. The van der Waals surface area contributed by atoms with Crippen molar-refractivity contribution in [1.29, 1.82) is 0 Å². The Morgan fingerprint density at radius 3 is 2.50 bits per heavy atom. The molecule has 0 aliphatic carbocycles. The Morgan fingerprint density at radius 2 is 1.78 bits per heavy atom. The SMILES string of the molecule is Cc1ccc(-c2c3c(=O)n(C)c(=O)n(C)c3c3n2CCOC3c2cc(Cl)ccc2O)cc1. The highest BCUT2D eigenvalue weighted by Gasteiger charge is 2.34. The van der Waals surface area contributed by atoms with E-state index in [4.69, 9.17) is 16.3 Å². The van der Waals surface area contributed by atoms with Gasteiger partial charge >= 0.3 is 5.69 Å². The topological polar surface area (TPSA) is 78.4 Å². The van der Waals surface area contributed by atoms with Crippen LogP contribution in [0.2, 0.25) is 5.02 Å². The molecule has 0 saturated heterocycles. The number of rotatable bonds is 2. The van der Waals surface area contributed by atoms with E-state index in [-0.39, 0.29) is 11.3 Å². The standard InChI is InChI=1S/C24H22ClN3O4/c1-13-4-6-14(7-5-13)19-18-20(26(2)24(31)27(3)23(18)30)21-22(32-11-10-28(19)21)16-12-15(25)8-9-17(16)29/h4-9,12,22,29H,10-11H2,1-3H3. The van der Waals surface area contributed by atoms with Crippen LogP contribution < -0.4 is 11.2 Å². The molecule has 3 heterocycles. The van der Waals surface area contributed by atoms with Crippen LogP contribution >= 0.6 is 11.6 Å². The number of ether oxygens (including phenoxy) is 1. The smallest absolute Gasteiger partial charge is 0.331 e. The molecular weight excluding hydrogens is 430 g/mol. The van der Waals surface area contributed by atoms with E-state index >= 15 is 0 Å². The lowest BCUT2D eigenvalue weighted by Gasteiger charge is -2.28. The maximum atomic E-state index is 13.4. The van der Waals surface area contributed by atoms with Gasteiger partial charge in [0.1, 0.15) is 11.9 Å². The van der Waals surface area contributed by atoms with Gasteiger partial charge in [-0.05, 0) is 30.7 Å². The first kappa shape index (κ1) is 20.6. The van der Waals surface area contributed by atoms with Crippen molar-refractivity contribution < 1.29 is 9.84 Å². The number of nitrogens with zero attached hydrogens (tertiary/aromatic N) is 3. The van der Waals surface area contributed by atoms with E-state index in [0.29, 0.717) is 40.3 Å². The summed E-state index contributed by atoms with van der Waals surface area (Å²) in [6.45, 7) is 2.88. The minimum Gasteiger partial charge on any atom is -0.508 e. The number of fused-ring (bicyclic) bond motifs is 3. The van der Waals surface area contributed by atoms with Gasteiger partial charge in [0.05, 0.1) is 28.9 Å². The third kappa shape index (κ3) is 2.92. The van der Waals surface area contributed by atoms with Crippen molar-refractivity contribution in [3.63, 3.8) is 0 Å². The lowest BCUT2D eigenvalue weighted by atomic mass is 10.0. The van der Waals surface area contributed by atoms with Gasteiger partial charge < -0.3 is 14.4 Å². The van der Waals surface area contributed by atoms with Crippen LogP contribution in [0, 0.1) is 6.92 Å². The van der Waals surface area contributed by atoms with Crippen molar-refractivity contribution in [2.24, 2.45) is 14.1 Å². The molecule has 4 aromatic rings. The van der Waals surface area contributed by atoms with Gasteiger partial charge in [-0.2, -0.15) is 0 Å². The number of hydrogen-bond acceptors (Lipinski definition) is 4. The first-order valence-corrected chi connectivity index (χ1v) is 10.7. The molecule has 1 unspecified atom stereocenters. The van der Waals surface area contributed by atoms with E-state index in [0.717, 1.165) is 21.4 Å². The van der Waals surface area contributed by atoms with Crippen LogP contribution in [0.5, 0.6) is 5.75 Å². The molecule has 0 radical (unpaired) electrons. The van der Waals surface area contributed by atoms with Gasteiger partial charge in [0.2, 0.25) is 0 Å². The summed E-state index contributed by atoms with van der Waals surface area (Å²) in [7, 11) is 3.13. The molecule has 1 aliphatic heterocycles. The number of phenolic OH excluding ortho intramolecular Hbond substituents is 1. The minimum absolute atomic E-state index is 0.0351. The summed E-state index contributed by atoms with van der Waals surface area (Å²) in [6.07, 6.45) is -0.693. The Hall–Kier alpha value is -3.29. The number of benzene rings is 2. The van der Waals surface area contributed by atoms with Crippen molar-refractivity contribution in [1.82, 2.24) is 13.7 Å². The summed E-state index contributed by atoms with van der Waals surface area (Å²) >= 11 is 6.22. The molecule has 164 valence electrons. The molecule has 8 heteroatoms. The van der Waals surface area contributed by atoms with Gasteiger partial charge in [0.25, 0.3) is 5.56 Å². The normalized spacial score (nSPS) is 15.8. The lowest BCUT2D eigenvalue weighted by Crippen LogP contribution is -2.37. The maximum absolute atomic E-state index is 13.4. The number of halogens is 1. The fourth-order valence-electron chi connectivity index (χ4n) is 4.56. The summed E-state index contributed by atoms with van der Waals surface area (Å²) < 4.78 is 10.7. The van der Waals surface area contributed by atoms with Gasteiger partial charge in [0.15, 0.2) is 0 Å². The highest BCUT2D eigenvalue weighted by atomic mass is 35.5. The van der Waals surface area contributed by atoms with Gasteiger partial charge in [0, 0.05) is 31.2 Å². The summed E-state index contributed by atoms with van der Waals surface area (Å²) in [5, 5.41) is 11.5. The number of aryl methyl sites for hydroxylation is 2. The molecular formula is C24H22ClN3O4. The summed E-state index contributed by atoms with van der Waals surface area (Å²) in [5.74, 6) is 0.0351. The van der Waals surface area contributed by atoms with Crippen molar-refractivity contribution in [3.05, 3.63) is 85.1 Å². The fraction of sp³-hybridized carbons (Fsp3) is 0.250. The second-order valence-corrected chi connectivity index (χ2v) is 8.57. The monoisotopic (exact) mass is 451 g/mol. The van der Waals surface area contributed by atoms with E-state index in [1.165, 1.54) is 17.7 Å². The first-order chi connectivity index (χ1) is 15.3. The molecule has 2 aromatic heterocycles. The molecule has 0 amide bonds. The quantitative estimate of drug-likeness (QED) is 0.506. The predicted octanol–water partition coefficient (Wildman–Crippen LogP) is 3.49. The van der Waals surface area contributed by atoms with Gasteiger partial charge in [-0.1, -0.05) is 41.4 Å². The van der Waals surface area contributed by atoms with Crippen LogP contribution in [-0.2, 0) is 25.4 Å². The van der Waals surface area contributed by atoms with Crippen LogP contribution in [0.1, 0.15) is 22.9 Å². The van der Waals surface area contributed by atoms with Gasteiger partial charge in [-0.15, -0.1) is 0 Å². The minimum atomic E-state index is -0.693. The number of phenols is 1. The van der Waals surface area contributed by atoms with Crippen LogP contribution in [0.4, 0.5) is 0 Å². The molecule has 32 heavy (non-hydrogen) atoms. The molecule has 0 bridgehead atoms. The zero-order chi connectivity index (χ0) is 22.7. The third-order valence-electron chi connectivity index (χ3n) is 6.15. The van der Waals surface area contributed by atoms with Crippen LogP contribution in [0.3, 0.4) is 0 Å². The molecule has 7 nitrogen and oxygen atoms in total. The van der Waals surface area contributed by atoms with E-state index < -0.39 is 11.8 Å². The lowest BCUT2D eigenvalue weighted by molar-refractivity contribution is 0.0464. The van der Waals surface area contributed by atoms with E-state index in [9.17, 15) is 14.7 Å². The largest absolute Gasteiger partial charge is 0.508 e. The first-order valence-electron chi connectivity index (χ1n) is 10.3. The molecule has 0 fully saturated rings. The molecule has 0 saturated carbocycles. The summed E-state index contributed by atoms with van der Waals surface area (Å²) in [4.78, 5) is 26.2. The van der Waals surface area contributed by atoms with E-state index in [1.807, 2.05) is 35.8 Å². The Labute approximate surface area is 188 Å². The van der Waals surface area contributed by atoms with Crippen LogP contribution in [0.15, 0.2) is 52.1 Å². The molecule has 1 N–H and O–H groups in total. The van der Waals surface area contributed by atoms with E-state index in [2.05, 4.69) is 0 Å². The highest BCUT2D eigenvalue weighted by molar-refractivity contribution is 6.30. The van der Waals surface area contributed by atoms with Crippen LogP contribution in [-0.4, -0.2) is 25.4 Å². The number of aromatic nitrogens is 3. The molecule has 1 aliphatic rings. The Bertz CT molecular complexity index is 1500. The predicted molar refractivity (Wildman–Crippen MR) is 124 cm³/mol. The average Bonchev–Trinajstić information content (AvgIpc) is 3.14. The van der Waals surface area contributed by atoms with Crippen molar-refractivity contribution >= 4 is 22.5 Å². The molecule has 5 rings (SSSR count). The number of hydrogen-bond donors (Lipinski definition) is 1. The zero-order valence-electron chi connectivity index (χ0n) is 17.9. The van der Waals surface area contributed by atoms with Crippen molar-refractivity contribution in [3.8, 4) is 17.0 Å². The Kier molecular flexibility index (Phi) is 4.76. The molecule has 0 spiro atoms. The summed E-state index contributed by atoms with van der Waals surface area (Å²) in [5.41, 5.74) is 3.56. The summed E-state index contributed by atoms with van der Waals surface area (Å²) in [6, 6.07) is 12.7.